The van der Waals surface area contributed by atoms with Gasteiger partial charge in [-0.1, -0.05) is 32.0 Å². The van der Waals surface area contributed by atoms with E-state index >= 15 is 0 Å². The molecule has 1 aliphatic rings. The molecule has 2 aromatic rings. The highest BCUT2D eigenvalue weighted by atomic mass is 28.4. The molecular formula is C28H39NO6Si. The summed E-state index contributed by atoms with van der Waals surface area (Å²) in [7, 11) is 6.00. The third kappa shape index (κ3) is 5.33. The molecule has 0 amide bonds. The third-order valence-electron chi connectivity index (χ3n) is 7.02. The lowest BCUT2D eigenvalue weighted by Gasteiger charge is -2.37. The van der Waals surface area contributed by atoms with Crippen LogP contribution in [0.1, 0.15) is 43.9 Å². The van der Waals surface area contributed by atoms with Crippen molar-refractivity contribution in [1.82, 2.24) is 0 Å². The molecular weight excluding hydrogens is 474 g/mol. The maximum Gasteiger partial charge on any atom is 0.250 e. The summed E-state index contributed by atoms with van der Waals surface area (Å²) < 4.78 is 29.6. The average Bonchev–Trinajstić information content (AvgIpc) is 3.01. The number of oxime groups is 1. The Hall–Kier alpha value is -3.13. The first-order valence-corrected chi connectivity index (χ1v) is 14.9. The number of hydrogen-bond donors (Lipinski definition) is 0. The van der Waals surface area contributed by atoms with Crippen molar-refractivity contribution >= 4 is 19.6 Å². The second-order valence-corrected chi connectivity index (χ2v) is 14.9. The van der Waals surface area contributed by atoms with Gasteiger partial charge < -0.3 is 28.2 Å². The van der Waals surface area contributed by atoms with E-state index in [1.54, 1.807) is 35.5 Å². The number of hydrogen-bond acceptors (Lipinski definition) is 7. The van der Waals surface area contributed by atoms with E-state index in [4.69, 9.17) is 28.2 Å². The number of benzene rings is 2. The minimum absolute atomic E-state index is 0.0395. The Bertz CT molecular complexity index is 1160. The van der Waals surface area contributed by atoms with Gasteiger partial charge in [0.1, 0.15) is 12.9 Å². The number of nitrogens with zero attached hydrogens (tertiary/aromatic N) is 1. The van der Waals surface area contributed by atoms with Gasteiger partial charge in [0.2, 0.25) is 5.75 Å². The number of fused-ring (bicyclic) bond motifs is 1. The maximum atomic E-state index is 6.70. The van der Waals surface area contributed by atoms with E-state index < -0.39 is 8.32 Å². The lowest BCUT2D eigenvalue weighted by Crippen LogP contribution is -2.43. The van der Waals surface area contributed by atoms with Crippen molar-refractivity contribution in [3.8, 4) is 28.7 Å². The molecule has 0 aliphatic heterocycles. The van der Waals surface area contributed by atoms with Crippen LogP contribution in [0.3, 0.4) is 0 Å². The predicted octanol–water partition coefficient (Wildman–Crippen LogP) is 6.49. The molecule has 0 atom stereocenters. The van der Waals surface area contributed by atoms with Gasteiger partial charge in [0, 0.05) is 5.56 Å². The first-order valence-electron chi connectivity index (χ1n) is 12.0. The van der Waals surface area contributed by atoms with Crippen molar-refractivity contribution in [3.63, 3.8) is 0 Å². The molecule has 7 nitrogen and oxygen atoms in total. The molecule has 0 heterocycles. The summed E-state index contributed by atoms with van der Waals surface area (Å²) in [5, 5.41) is 4.32. The Balaban J connectivity index is 2.28. The molecule has 1 aliphatic carbocycles. The Morgan fingerprint density at radius 2 is 1.44 bits per heavy atom. The molecule has 0 unspecified atom stereocenters. The molecule has 196 valence electrons. The van der Waals surface area contributed by atoms with Crippen LogP contribution in [0.4, 0.5) is 0 Å². The highest BCUT2D eigenvalue weighted by molar-refractivity contribution is 6.74. The topological polar surface area (TPSA) is 67.7 Å². The molecule has 0 N–H and O–H groups in total. The fraction of sp³-hybridized carbons (Fsp3) is 0.464. The van der Waals surface area contributed by atoms with Gasteiger partial charge in [0.25, 0.3) is 8.32 Å². The molecule has 3 rings (SSSR count). The van der Waals surface area contributed by atoms with E-state index in [0.29, 0.717) is 35.8 Å². The Morgan fingerprint density at radius 3 is 2.00 bits per heavy atom. The minimum Gasteiger partial charge on any atom is -0.541 e. The summed E-state index contributed by atoms with van der Waals surface area (Å²) in [6, 6.07) is 8.03. The largest absolute Gasteiger partial charge is 0.541 e. The first kappa shape index (κ1) is 27.5. The first-order chi connectivity index (χ1) is 17.0. The summed E-state index contributed by atoms with van der Waals surface area (Å²) in [5.74, 6) is 3.25. The predicted molar refractivity (Wildman–Crippen MR) is 147 cm³/mol. The number of allylic oxidation sites excluding steroid dienone is 1. The van der Waals surface area contributed by atoms with Gasteiger partial charge >= 0.3 is 0 Å². The highest BCUT2D eigenvalue weighted by Crippen LogP contribution is 2.47. The van der Waals surface area contributed by atoms with Crippen molar-refractivity contribution < 1.29 is 28.2 Å². The zero-order chi connectivity index (χ0) is 26.7. The zero-order valence-electron chi connectivity index (χ0n) is 23.2. The van der Waals surface area contributed by atoms with Crippen molar-refractivity contribution in [2.75, 3.05) is 35.5 Å². The van der Waals surface area contributed by atoms with Gasteiger partial charge in [0.15, 0.2) is 17.2 Å². The van der Waals surface area contributed by atoms with Crippen LogP contribution in [0.2, 0.25) is 18.1 Å². The second kappa shape index (κ2) is 10.9. The van der Waals surface area contributed by atoms with E-state index in [2.05, 4.69) is 45.1 Å². The molecule has 0 aromatic heterocycles. The number of rotatable bonds is 8. The number of ether oxygens (including phenoxy) is 4. The fourth-order valence-electron chi connectivity index (χ4n) is 4.05. The fourth-order valence-corrected chi connectivity index (χ4v) is 5.07. The summed E-state index contributed by atoms with van der Waals surface area (Å²) in [5.41, 5.74) is 4.75. The average molecular weight is 514 g/mol. The molecule has 0 fully saturated rings. The highest BCUT2D eigenvalue weighted by Gasteiger charge is 2.39. The van der Waals surface area contributed by atoms with E-state index in [1.165, 1.54) is 0 Å². The Kier molecular flexibility index (Phi) is 8.28. The van der Waals surface area contributed by atoms with Crippen molar-refractivity contribution in [2.45, 2.75) is 51.7 Å². The Morgan fingerprint density at radius 1 is 0.778 bits per heavy atom. The van der Waals surface area contributed by atoms with E-state index in [1.807, 2.05) is 24.3 Å². The molecule has 0 spiro atoms. The molecule has 0 saturated carbocycles. The van der Waals surface area contributed by atoms with Crippen molar-refractivity contribution in [2.24, 2.45) is 5.16 Å². The van der Waals surface area contributed by atoms with Gasteiger partial charge in [-0.25, -0.2) is 0 Å². The van der Waals surface area contributed by atoms with Crippen molar-refractivity contribution in [1.29, 1.82) is 0 Å². The monoisotopic (exact) mass is 513 g/mol. The number of methoxy groups -OCH3 is 4. The smallest absolute Gasteiger partial charge is 0.250 e. The van der Waals surface area contributed by atoms with Crippen LogP contribution < -0.4 is 23.4 Å². The minimum atomic E-state index is -2.12. The lowest BCUT2D eigenvalue weighted by atomic mass is 9.92. The van der Waals surface area contributed by atoms with Crippen LogP contribution in [-0.2, 0) is 11.3 Å². The molecule has 0 radical (unpaired) electrons. The Labute approximate surface area is 216 Å². The van der Waals surface area contributed by atoms with Gasteiger partial charge in [0.05, 0.1) is 34.2 Å². The van der Waals surface area contributed by atoms with Gasteiger partial charge in [-0.15, -0.1) is 0 Å². The molecule has 0 bridgehead atoms. The molecule has 0 saturated heterocycles. The van der Waals surface area contributed by atoms with Crippen LogP contribution in [0, 0.1) is 0 Å². The molecule has 2 aromatic carbocycles. The lowest BCUT2D eigenvalue weighted by molar-refractivity contribution is 0.213. The van der Waals surface area contributed by atoms with E-state index in [9.17, 15) is 0 Å². The van der Waals surface area contributed by atoms with Crippen LogP contribution in [0.25, 0.3) is 5.57 Å². The van der Waals surface area contributed by atoms with E-state index in [-0.39, 0.29) is 5.04 Å². The van der Waals surface area contributed by atoms with Crippen LogP contribution in [0.15, 0.2) is 35.5 Å². The van der Waals surface area contributed by atoms with Gasteiger partial charge in [-0.05, 0) is 71.9 Å². The van der Waals surface area contributed by atoms with Gasteiger partial charge in [-0.2, -0.15) is 0 Å². The normalized spacial score (nSPS) is 14.9. The van der Waals surface area contributed by atoms with Crippen LogP contribution >= 0.6 is 0 Å². The summed E-state index contributed by atoms with van der Waals surface area (Å²) >= 11 is 0. The maximum absolute atomic E-state index is 6.70. The second-order valence-electron chi connectivity index (χ2n) is 10.2. The SMILES string of the molecule is CON=C1C=C(c2ccc(OC)c(O[Si](C)(C)C(C)(C)C)c2)c2cc(OC)c(OC)c(OC)c2CC1. The van der Waals surface area contributed by atoms with Gasteiger partial charge in [-0.3, -0.25) is 0 Å². The van der Waals surface area contributed by atoms with Crippen LogP contribution in [0.5, 0.6) is 28.7 Å². The quantitative estimate of drug-likeness (QED) is 0.297. The molecule has 8 heteroatoms. The summed E-state index contributed by atoms with van der Waals surface area (Å²) in [6.07, 6.45) is 3.43. The third-order valence-corrected chi connectivity index (χ3v) is 11.4. The summed E-state index contributed by atoms with van der Waals surface area (Å²) in [6.45, 7) is 11.1. The molecule has 36 heavy (non-hydrogen) atoms. The van der Waals surface area contributed by atoms with E-state index in [0.717, 1.165) is 33.7 Å². The summed E-state index contributed by atoms with van der Waals surface area (Å²) in [4.78, 5) is 5.15. The zero-order valence-corrected chi connectivity index (χ0v) is 24.2. The van der Waals surface area contributed by atoms with Crippen molar-refractivity contribution in [3.05, 3.63) is 47.0 Å². The standard InChI is InChI=1S/C28H39NO6Si/c1-28(2,3)36(9,10)35-24-15-18(11-14-23(24)30-4)21-16-19(29-34-8)12-13-20-22(21)17-25(31-5)27(33-7)26(20)32-6/h11,14-17H,12-13H2,1-10H3. The van der Waals surface area contributed by atoms with Crippen LogP contribution in [-0.4, -0.2) is 49.6 Å².